The maximum Gasteiger partial charge on any atom is 0.241 e. The minimum absolute atomic E-state index is 0.378. The lowest BCUT2D eigenvalue weighted by Crippen LogP contribution is -2.53. The summed E-state index contributed by atoms with van der Waals surface area (Å²) >= 11 is 0. The van der Waals surface area contributed by atoms with Crippen LogP contribution < -0.4 is 10.2 Å². The highest BCUT2D eigenvalue weighted by atomic mass is 19.2. The van der Waals surface area contributed by atoms with Crippen molar-refractivity contribution in [3.8, 4) is 0 Å². The van der Waals surface area contributed by atoms with E-state index in [1.165, 1.54) is 0 Å². The molecule has 9 heteroatoms. The molecule has 0 spiro atoms. The zero-order valence-electron chi connectivity index (χ0n) is 14.1. The van der Waals surface area contributed by atoms with Crippen molar-refractivity contribution < 1.29 is 18.0 Å². The molecule has 26 heavy (non-hydrogen) atoms. The van der Waals surface area contributed by atoms with Crippen LogP contribution in [0, 0.1) is 17.5 Å². The first-order chi connectivity index (χ1) is 12.5. The van der Waals surface area contributed by atoms with Crippen molar-refractivity contribution in [2.45, 2.75) is 13.0 Å². The first-order valence-electron chi connectivity index (χ1n) is 8.17. The van der Waals surface area contributed by atoms with Crippen molar-refractivity contribution in [1.82, 2.24) is 14.9 Å². The molecule has 1 unspecified atom stereocenters. The minimum atomic E-state index is -1.60. The van der Waals surface area contributed by atoms with E-state index in [2.05, 4.69) is 15.3 Å². The number of amides is 1. The van der Waals surface area contributed by atoms with Crippen LogP contribution >= 0.6 is 0 Å². The van der Waals surface area contributed by atoms with Crippen molar-refractivity contribution in [1.29, 1.82) is 0 Å². The van der Waals surface area contributed by atoms with Gasteiger partial charge in [-0.1, -0.05) is 0 Å². The topological polar surface area (TPSA) is 61.4 Å². The second-order valence-electron chi connectivity index (χ2n) is 5.96. The number of halogens is 3. The lowest BCUT2D eigenvalue weighted by Gasteiger charge is -2.37. The first kappa shape index (κ1) is 18.1. The third kappa shape index (κ3) is 3.77. The molecule has 2 aromatic rings. The van der Waals surface area contributed by atoms with Gasteiger partial charge in [0.1, 0.15) is 0 Å². The molecule has 1 saturated heterocycles. The van der Waals surface area contributed by atoms with Gasteiger partial charge in [0.15, 0.2) is 17.5 Å². The number of hydrogen-bond acceptors (Lipinski definition) is 5. The number of carbonyl (C=O) groups is 1. The van der Waals surface area contributed by atoms with Crippen LogP contribution in [0.15, 0.2) is 30.6 Å². The van der Waals surface area contributed by atoms with Gasteiger partial charge in [0, 0.05) is 38.6 Å². The van der Waals surface area contributed by atoms with Crippen molar-refractivity contribution in [2.75, 3.05) is 36.4 Å². The fraction of sp³-hybridized carbons (Fsp3) is 0.353. The van der Waals surface area contributed by atoms with Crippen molar-refractivity contribution >= 4 is 17.5 Å². The Labute approximate surface area is 148 Å². The Morgan fingerprint density at radius 3 is 2.38 bits per heavy atom. The summed E-state index contributed by atoms with van der Waals surface area (Å²) in [6.07, 6.45) is 3.34. The van der Waals surface area contributed by atoms with Crippen LogP contribution in [0.5, 0.6) is 0 Å². The molecule has 6 nitrogen and oxygen atoms in total. The molecule has 0 radical (unpaired) electrons. The number of nitrogens with zero attached hydrogens (tertiary/aromatic N) is 4. The molecular weight excluding hydrogens is 347 g/mol. The summed E-state index contributed by atoms with van der Waals surface area (Å²) in [5.41, 5.74) is -0.378. The lowest BCUT2D eigenvalue weighted by molar-refractivity contribution is -0.120. The van der Waals surface area contributed by atoms with E-state index in [1.54, 1.807) is 25.4 Å². The molecule has 1 amide bonds. The maximum absolute atomic E-state index is 13.7. The van der Waals surface area contributed by atoms with Gasteiger partial charge in [0.2, 0.25) is 11.9 Å². The Morgan fingerprint density at radius 2 is 1.73 bits per heavy atom. The summed E-state index contributed by atoms with van der Waals surface area (Å²) in [6, 6.07) is 2.96. The minimum Gasteiger partial charge on any atom is -0.338 e. The van der Waals surface area contributed by atoms with Crippen molar-refractivity contribution in [2.24, 2.45) is 0 Å². The molecule has 1 aromatic heterocycles. The van der Waals surface area contributed by atoms with Crippen LogP contribution in [0.4, 0.5) is 24.8 Å². The molecule has 2 heterocycles. The first-order valence-corrected chi connectivity index (χ1v) is 8.17. The standard InChI is InChI=1S/C17H18F3N5O/c1-11(16(26)23-13-4-3-12(18)14(19)15(13)20)24-7-9-25(10-8-24)17-21-5-2-6-22-17/h2-6,11H,7-10H2,1H3,(H,23,26). The Bertz CT molecular complexity index is 781. The molecule has 1 fully saturated rings. The van der Waals surface area contributed by atoms with Crippen LogP contribution in [-0.4, -0.2) is 53.0 Å². The zero-order chi connectivity index (χ0) is 18.7. The zero-order valence-corrected chi connectivity index (χ0v) is 14.1. The number of rotatable bonds is 4. The number of piperazine rings is 1. The molecule has 1 atom stereocenters. The summed E-state index contributed by atoms with van der Waals surface area (Å²) < 4.78 is 39.9. The molecule has 0 saturated carbocycles. The molecule has 3 rings (SSSR count). The average Bonchev–Trinajstić information content (AvgIpc) is 2.68. The number of aromatic nitrogens is 2. The van der Waals surface area contributed by atoms with Crippen LogP contribution in [0.25, 0.3) is 0 Å². The fourth-order valence-corrected chi connectivity index (χ4v) is 2.79. The molecule has 138 valence electrons. The van der Waals surface area contributed by atoms with E-state index in [4.69, 9.17) is 0 Å². The Morgan fingerprint density at radius 1 is 1.08 bits per heavy atom. The van der Waals surface area contributed by atoms with E-state index in [0.29, 0.717) is 32.1 Å². The number of benzene rings is 1. The third-order valence-corrected chi connectivity index (χ3v) is 4.37. The molecule has 0 aliphatic carbocycles. The van der Waals surface area contributed by atoms with Gasteiger partial charge in [-0.2, -0.15) is 0 Å². The van der Waals surface area contributed by atoms with E-state index in [0.717, 1.165) is 12.1 Å². The van der Waals surface area contributed by atoms with E-state index in [9.17, 15) is 18.0 Å². The number of hydrogen-bond donors (Lipinski definition) is 1. The van der Waals surface area contributed by atoms with Gasteiger partial charge in [-0.15, -0.1) is 0 Å². The van der Waals surface area contributed by atoms with E-state index >= 15 is 0 Å². The van der Waals surface area contributed by atoms with Crippen LogP contribution in [0.1, 0.15) is 6.92 Å². The molecule has 1 aliphatic heterocycles. The number of anilines is 2. The monoisotopic (exact) mass is 365 g/mol. The van der Waals surface area contributed by atoms with Crippen LogP contribution in [0.3, 0.4) is 0 Å². The number of nitrogens with one attached hydrogen (secondary N) is 1. The van der Waals surface area contributed by atoms with E-state index in [-0.39, 0.29) is 5.69 Å². The van der Waals surface area contributed by atoms with Gasteiger partial charge in [0.05, 0.1) is 11.7 Å². The smallest absolute Gasteiger partial charge is 0.241 e. The van der Waals surface area contributed by atoms with Crippen molar-refractivity contribution in [3.63, 3.8) is 0 Å². The van der Waals surface area contributed by atoms with Crippen LogP contribution in [0.2, 0.25) is 0 Å². The highest BCUT2D eigenvalue weighted by Gasteiger charge is 2.27. The second kappa shape index (κ2) is 7.69. The average molecular weight is 365 g/mol. The summed E-state index contributed by atoms with van der Waals surface area (Å²) in [6.45, 7) is 4.14. The van der Waals surface area contributed by atoms with E-state index in [1.807, 2.05) is 9.80 Å². The Kier molecular flexibility index (Phi) is 5.36. The Balaban J connectivity index is 1.59. The summed E-state index contributed by atoms with van der Waals surface area (Å²) in [5, 5.41) is 2.32. The van der Waals surface area contributed by atoms with Gasteiger partial charge in [-0.25, -0.2) is 23.1 Å². The highest BCUT2D eigenvalue weighted by molar-refractivity contribution is 5.94. The summed E-state index contributed by atoms with van der Waals surface area (Å²) in [5.74, 6) is -4.16. The molecule has 1 aliphatic rings. The van der Waals surface area contributed by atoms with Crippen LogP contribution in [-0.2, 0) is 4.79 Å². The predicted octanol–water partition coefficient (Wildman–Crippen LogP) is 2.04. The summed E-state index contributed by atoms with van der Waals surface area (Å²) in [7, 11) is 0. The third-order valence-electron chi connectivity index (χ3n) is 4.37. The molecular formula is C17H18F3N5O. The van der Waals surface area contributed by atoms with Gasteiger partial charge >= 0.3 is 0 Å². The van der Waals surface area contributed by atoms with Gasteiger partial charge in [-0.05, 0) is 25.1 Å². The molecule has 0 bridgehead atoms. The van der Waals surface area contributed by atoms with Crippen molar-refractivity contribution in [3.05, 3.63) is 48.0 Å². The van der Waals surface area contributed by atoms with Gasteiger partial charge in [0.25, 0.3) is 0 Å². The van der Waals surface area contributed by atoms with Gasteiger partial charge < -0.3 is 10.2 Å². The van der Waals surface area contributed by atoms with E-state index < -0.39 is 29.4 Å². The second-order valence-corrected chi connectivity index (χ2v) is 5.96. The largest absolute Gasteiger partial charge is 0.338 e. The lowest BCUT2D eigenvalue weighted by atomic mass is 10.2. The molecule has 1 aromatic carbocycles. The fourth-order valence-electron chi connectivity index (χ4n) is 2.79. The highest BCUT2D eigenvalue weighted by Crippen LogP contribution is 2.20. The molecule has 1 N–H and O–H groups in total. The summed E-state index contributed by atoms with van der Waals surface area (Å²) in [4.78, 5) is 24.7. The SMILES string of the molecule is CC(C(=O)Nc1ccc(F)c(F)c1F)N1CCN(c2ncccn2)CC1. The number of carbonyl (C=O) groups excluding carboxylic acids is 1. The normalized spacial score (nSPS) is 16.4. The Hall–Kier alpha value is -2.68. The quantitative estimate of drug-likeness (QED) is 0.841. The predicted molar refractivity (Wildman–Crippen MR) is 90.2 cm³/mol. The maximum atomic E-state index is 13.7. The van der Waals surface area contributed by atoms with Gasteiger partial charge in [-0.3, -0.25) is 9.69 Å².